The third kappa shape index (κ3) is 3.58. The van der Waals surface area contributed by atoms with Crippen LogP contribution in [0.2, 0.25) is 0 Å². The van der Waals surface area contributed by atoms with Gasteiger partial charge >= 0.3 is 0 Å². The number of nitrogens with zero attached hydrogens (tertiary/aromatic N) is 2. The van der Waals surface area contributed by atoms with Gasteiger partial charge in [-0.25, -0.2) is 0 Å². The van der Waals surface area contributed by atoms with Crippen LogP contribution in [-0.2, 0) is 17.8 Å². The molecule has 4 nitrogen and oxygen atoms in total. The van der Waals surface area contributed by atoms with Gasteiger partial charge in [0.25, 0.3) is 0 Å². The van der Waals surface area contributed by atoms with Gasteiger partial charge in [0.05, 0.1) is 12.7 Å². The lowest BCUT2D eigenvalue weighted by molar-refractivity contribution is -0.134. The molecule has 5 heteroatoms. The van der Waals surface area contributed by atoms with E-state index in [2.05, 4.69) is 33.5 Å². The molecule has 1 aliphatic rings. The van der Waals surface area contributed by atoms with Crippen LogP contribution in [0.15, 0.2) is 23.8 Å². The van der Waals surface area contributed by atoms with Crippen LogP contribution in [-0.4, -0.2) is 27.0 Å². The van der Waals surface area contributed by atoms with E-state index in [4.69, 9.17) is 0 Å². The topological polar surface area (TPSA) is 49.0 Å². The smallest absolute Gasteiger partial charge is 0.223 e. The van der Waals surface area contributed by atoms with E-state index in [1.54, 1.807) is 17.5 Å². The van der Waals surface area contributed by atoms with Crippen molar-refractivity contribution in [2.24, 2.45) is 0 Å². The molecule has 0 radical (unpaired) electrons. The van der Waals surface area contributed by atoms with E-state index in [1.165, 1.54) is 23.3 Å². The molecule has 1 N–H and O–H groups in total. The minimum atomic E-state index is 0.279. The first kappa shape index (κ1) is 15.3. The first-order valence-electron chi connectivity index (χ1n) is 8.04. The average molecular weight is 317 g/mol. The van der Waals surface area contributed by atoms with Crippen LogP contribution in [0.25, 0.3) is 0 Å². The normalized spacial score (nSPS) is 15.3. The molecule has 118 valence electrons. The Balaban J connectivity index is 1.67. The quantitative estimate of drug-likeness (QED) is 0.883. The third-order valence-corrected chi connectivity index (χ3v) is 5.56. The fraction of sp³-hybridized carbons (Fsp3) is 0.529. The lowest BCUT2D eigenvalue weighted by atomic mass is 10.1. The van der Waals surface area contributed by atoms with E-state index in [1.807, 2.05) is 6.20 Å². The van der Waals surface area contributed by atoms with Gasteiger partial charge in [0, 0.05) is 23.5 Å². The number of hydrogen-bond donors (Lipinski definition) is 1. The van der Waals surface area contributed by atoms with Crippen molar-refractivity contribution in [3.05, 3.63) is 39.8 Å². The van der Waals surface area contributed by atoms with E-state index in [0.29, 0.717) is 12.5 Å². The number of aromatic nitrogens is 2. The molecule has 2 aromatic rings. The van der Waals surface area contributed by atoms with Crippen LogP contribution < -0.4 is 0 Å². The van der Waals surface area contributed by atoms with Crippen molar-refractivity contribution < 1.29 is 4.79 Å². The fourth-order valence-corrected chi connectivity index (χ4v) is 4.07. The summed E-state index contributed by atoms with van der Waals surface area (Å²) >= 11 is 1.76. The Morgan fingerprint density at radius 1 is 1.45 bits per heavy atom. The molecule has 0 aliphatic heterocycles. The largest absolute Gasteiger partial charge is 0.335 e. The van der Waals surface area contributed by atoms with Crippen molar-refractivity contribution in [1.82, 2.24) is 15.1 Å². The summed E-state index contributed by atoms with van der Waals surface area (Å²) in [4.78, 5) is 16.2. The lowest BCUT2D eigenvalue weighted by Crippen LogP contribution is -2.38. The molecule has 0 unspecified atom stereocenters. The first-order valence-corrected chi connectivity index (χ1v) is 8.92. The second-order valence-electron chi connectivity index (χ2n) is 6.09. The predicted molar refractivity (Wildman–Crippen MR) is 88.8 cm³/mol. The highest BCUT2D eigenvalue weighted by atomic mass is 32.1. The average Bonchev–Trinajstić information content (AvgIpc) is 3.25. The van der Waals surface area contributed by atoms with E-state index < -0.39 is 0 Å². The summed E-state index contributed by atoms with van der Waals surface area (Å²) in [6.45, 7) is 2.91. The number of carbonyl (C=O) groups excluding carboxylic acids is 1. The number of H-pyrrole nitrogens is 1. The van der Waals surface area contributed by atoms with Gasteiger partial charge < -0.3 is 4.90 Å². The molecule has 2 aromatic heterocycles. The molecular weight excluding hydrogens is 294 g/mol. The molecule has 0 atom stereocenters. The Kier molecular flexibility index (Phi) is 4.93. The number of thiophene rings is 1. The zero-order valence-corrected chi connectivity index (χ0v) is 13.9. The number of hydrogen-bond acceptors (Lipinski definition) is 3. The number of rotatable bonds is 6. The molecule has 0 saturated heterocycles. The van der Waals surface area contributed by atoms with Crippen molar-refractivity contribution >= 4 is 17.2 Å². The molecule has 1 amide bonds. The van der Waals surface area contributed by atoms with Crippen molar-refractivity contribution in [3.8, 4) is 0 Å². The summed E-state index contributed by atoms with van der Waals surface area (Å²) in [5.41, 5.74) is 2.41. The number of carbonyl (C=O) groups is 1. The molecule has 22 heavy (non-hydrogen) atoms. The number of amides is 1. The Labute approximate surface area is 135 Å². The summed E-state index contributed by atoms with van der Waals surface area (Å²) in [5.74, 6) is 0.279. The fourth-order valence-electron chi connectivity index (χ4n) is 3.17. The van der Waals surface area contributed by atoms with Crippen LogP contribution >= 0.6 is 11.3 Å². The monoisotopic (exact) mass is 317 g/mol. The van der Waals surface area contributed by atoms with Crippen LogP contribution in [0.5, 0.6) is 0 Å². The van der Waals surface area contributed by atoms with E-state index in [-0.39, 0.29) is 5.91 Å². The first-order chi connectivity index (χ1) is 10.7. The Morgan fingerprint density at radius 3 is 2.91 bits per heavy atom. The van der Waals surface area contributed by atoms with Crippen LogP contribution in [0.3, 0.4) is 0 Å². The lowest BCUT2D eigenvalue weighted by Gasteiger charge is -2.29. The van der Waals surface area contributed by atoms with Gasteiger partial charge in [0.15, 0.2) is 0 Å². The van der Waals surface area contributed by atoms with Gasteiger partial charge in [-0.2, -0.15) is 5.10 Å². The third-order valence-electron chi connectivity index (χ3n) is 4.55. The minimum Gasteiger partial charge on any atom is -0.335 e. The highest BCUT2D eigenvalue weighted by Crippen LogP contribution is 2.28. The maximum Gasteiger partial charge on any atom is 0.223 e. The van der Waals surface area contributed by atoms with Gasteiger partial charge in [-0.05, 0) is 48.8 Å². The van der Waals surface area contributed by atoms with Crippen LogP contribution in [0.1, 0.15) is 48.1 Å². The number of aryl methyl sites for hydroxylation is 2. The second kappa shape index (κ2) is 7.09. The molecule has 0 bridgehead atoms. The van der Waals surface area contributed by atoms with Crippen LogP contribution in [0.4, 0.5) is 0 Å². The molecule has 2 heterocycles. The molecular formula is C17H23N3OS. The summed E-state index contributed by atoms with van der Waals surface area (Å²) < 4.78 is 0. The molecule has 0 spiro atoms. The maximum absolute atomic E-state index is 12.8. The van der Waals surface area contributed by atoms with Crippen molar-refractivity contribution in [2.45, 2.75) is 58.0 Å². The Morgan fingerprint density at radius 2 is 2.27 bits per heavy atom. The van der Waals surface area contributed by atoms with Gasteiger partial charge in [-0.1, -0.05) is 12.8 Å². The minimum absolute atomic E-state index is 0.279. The van der Waals surface area contributed by atoms with Gasteiger partial charge in [-0.15, -0.1) is 11.3 Å². The van der Waals surface area contributed by atoms with E-state index in [9.17, 15) is 4.79 Å². The number of aromatic amines is 1. The van der Waals surface area contributed by atoms with Crippen molar-refractivity contribution in [1.29, 1.82) is 0 Å². The second-order valence-corrected chi connectivity index (χ2v) is 7.09. The van der Waals surface area contributed by atoms with E-state index >= 15 is 0 Å². The van der Waals surface area contributed by atoms with Gasteiger partial charge in [-0.3, -0.25) is 9.89 Å². The summed E-state index contributed by atoms with van der Waals surface area (Å²) in [5, 5.41) is 8.87. The van der Waals surface area contributed by atoms with E-state index in [0.717, 1.165) is 31.4 Å². The highest BCUT2D eigenvalue weighted by molar-refractivity contribution is 7.10. The molecule has 1 aliphatic carbocycles. The molecule has 3 rings (SSSR count). The van der Waals surface area contributed by atoms with Crippen molar-refractivity contribution in [3.63, 3.8) is 0 Å². The molecule has 1 fully saturated rings. The maximum atomic E-state index is 12.8. The summed E-state index contributed by atoms with van der Waals surface area (Å²) in [7, 11) is 0. The van der Waals surface area contributed by atoms with Crippen molar-refractivity contribution in [2.75, 3.05) is 0 Å². The Hall–Kier alpha value is -1.62. The standard InChI is InChI=1S/C17H23N3OS/c1-13-8-9-22-16(13)12-20(15-4-2-3-5-15)17(21)7-6-14-10-18-19-11-14/h8-11,15H,2-7,12H2,1H3,(H,18,19). The van der Waals surface area contributed by atoms with Crippen LogP contribution in [0, 0.1) is 6.92 Å². The number of nitrogens with one attached hydrogen (secondary N) is 1. The zero-order chi connectivity index (χ0) is 15.4. The van der Waals surface area contributed by atoms with Gasteiger partial charge in [0.1, 0.15) is 0 Å². The Bertz CT molecular complexity index is 599. The molecule has 1 saturated carbocycles. The summed E-state index contributed by atoms with van der Waals surface area (Å²) in [6.07, 6.45) is 9.82. The highest BCUT2D eigenvalue weighted by Gasteiger charge is 2.27. The SMILES string of the molecule is Cc1ccsc1CN(C(=O)CCc1cn[nH]c1)C1CCCC1. The molecule has 0 aromatic carbocycles. The predicted octanol–water partition coefficient (Wildman–Crippen LogP) is 3.68. The zero-order valence-electron chi connectivity index (χ0n) is 13.0. The summed E-state index contributed by atoms with van der Waals surface area (Å²) in [6, 6.07) is 2.57. The van der Waals surface area contributed by atoms with Gasteiger partial charge in [0.2, 0.25) is 5.91 Å².